The van der Waals surface area contributed by atoms with Gasteiger partial charge in [-0.05, 0) is 49.2 Å². The summed E-state index contributed by atoms with van der Waals surface area (Å²) in [7, 11) is -4.08. The second-order valence-corrected chi connectivity index (χ2v) is 8.84. The molecule has 0 radical (unpaired) electrons. The highest BCUT2D eigenvalue weighted by atomic mass is 35.5. The number of halogens is 1. The minimum absolute atomic E-state index is 0.0659. The highest BCUT2D eigenvalue weighted by Gasteiger charge is 2.21. The first-order chi connectivity index (χ1) is 13.4. The van der Waals surface area contributed by atoms with Crippen LogP contribution in [0.25, 0.3) is 0 Å². The van der Waals surface area contributed by atoms with E-state index in [2.05, 4.69) is 5.32 Å². The maximum absolute atomic E-state index is 12.4. The average Bonchev–Trinajstić information content (AvgIpc) is 2.69. The smallest absolute Gasteiger partial charge is 0.266 e. The van der Waals surface area contributed by atoms with Gasteiger partial charge in [0.2, 0.25) is 0 Å². The third-order valence-electron chi connectivity index (χ3n) is 4.71. The Morgan fingerprint density at radius 2 is 1.54 bits per heavy atom. The lowest BCUT2D eigenvalue weighted by atomic mass is 9.95. The van der Waals surface area contributed by atoms with Crippen LogP contribution < -0.4 is 10.0 Å². The summed E-state index contributed by atoms with van der Waals surface area (Å²) in [6.45, 7) is 0. The van der Waals surface area contributed by atoms with Crippen LogP contribution in [0.15, 0.2) is 53.4 Å². The molecule has 1 fully saturated rings. The third-order valence-corrected chi connectivity index (χ3v) is 6.39. The summed E-state index contributed by atoms with van der Waals surface area (Å²) >= 11 is 5.93. The molecule has 3 rings (SSSR count). The maximum Gasteiger partial charge on any atom is 0.266 e. The number of carbonyl (C=O) groups excluding carboxylic acids is 2. The molecule has 2 aromatic rings. The lowest BCUT2D eigenvalue weighted by Gasteiger charge is -2.22. The number of amides is 2. The molecule has 0 heterocycles. The van der Waals surface area contributed by atoms with Crippen molar-refractivity contribution in [3.05, 3.63) is 64.7 Å². The molecule has 1 saturated carbocycles. The minimum atomic E-state index is -4.08. The standard InChI is InChI=1S/C20H21ClN2O4S/c21-18-9-5-4-8-17(18)20(25)23-28(26,27)16-12-10-14(11-13-16)19(24)22-15-6-2-1-3-7-15/h4-5,8-13,15H,1-3,6-7H2,(H,22,24)(H,23,25). The van der Waals surface area contributed by atoms with E-state index in [1.165, 1.54) is 42.8 Å². The van der Waals surface area contributed by atoms with Gasteiger partial charge in [-0.15, -0.1) is 0 Å². The van der Waals surface area contributed by atoms with Crippen LogP contribution in [0.2, 0.25) is 5.02 Å². The lowest BCUT2D eigenvalue weighted by Crippen LogP contribution is -2.36. The van der Waals surface area contributed by atoms with E-state index >= 15 is 0 Å². The normalized spacial score (nSPS) is 15.0. The molecule has 2 aromatic carbocycles. The molecule has 1 aliphatic rings. The summed E-state index contributed by atoms with van der Waals surface area (Å²) in [6.07, 6.45) is 5.33. The Hall–Kier alpha value is -2.38. The Labute approximate surface area is 169 Å². The van der Waals surface area contributed by atoms with Gasteiger partial charge in [0.25, 0.3) is 21.8 Å². The van der Waals surface area contributed by atoms with Crippen LogP contribution >= 0.6 is 11.6 Å². The van der Waals surface area contributed by atoms with Gasteiger partial charge in [0, 0.05) is 11.6 Å². The van der Waals surface area contributed by atoms with Crippen molar-refractivity contribution in [3.8, 4) is 0 Å². The molecule has 0 aliphatic heterocycles. The summed E-state index contributed by atoms with van der Waals surface area (Å²) in [6, 6.07) is 11.8. The fraction of sp³-hybridized carbons (Fsp3) is 0.300. The van der Waals surface area contributed by atoms with Crippen molar-refractivity contribution in [2.24, 2.45) is 0 Å². The summed E-state index contributed by atoms with van der Waals surface area (Å²) in [4.78, 5) is 24.4. The monoisotopic (exact) mass is 420 g/mol. The predicted molar refractivity (Wildman–Crippen MR) is 107 cm³/mol. The molecule has 0 atom stereocenters. The number of benzene rings is 2. The zero-order valence-corrected chi connectivity index (χ0v) is 16.7. The Morgan fingerprint density at radius 3 is 2.18 bits per heavy atom. The second kappa shape index (κ2) is 8.75. The molecule has 0 bridgehead atoms. The van der Waals surface area contributed by atoms with Crippen molar-refractivity contribution in [2.45, 2.75) is 43.0 Å². The Morgan fingerprint density at radius 1 is 0.893 bits per heavy atom. The fourth-order valence-electron chi connectivity index (χ4n) is 3.18. The van der Waals surface area contributed by atoms with Crippen LogP contribution in [0.4, 0.5) is 0 Å². The SMILES string of the molecule is O=C(NC1CCCCC1)c1ccc(S(=O)(=O)NC(=O)c2ccccc2Cl)cc1. The van der Waals surface area contributed by atoms with Crippen LogP contribution in [-0.2, 0) is 10.0 Å². The number of hydrogen-bond donors (Lipinski definition) is 2. The van der Waals surface area contributed by atoms with E-state index in [4.69, 9.17) is 11.6 Å². The molecule has 1 aliphatic carbocycles. The van der Waals surface area contributed by atoms with Gasteiger partial charge < -0.3 is 5.32 Å². The van der Waals surface area contributed by atoms with Gasteiger partial charge in [-0.2, -0.15) is 0 Å². The summed E-state index contributed by atoms with van der Waals surface area (Å²) in [5.74, 6) is -1.04. The first kappa shape index (κ1) is 20.4. The van der Waals surface area contributed by atoms with Crippen LogP contribution in [0.3, 0.4) is 0 Å². The topological polar surface area (TPSA) is 92.3 Å². The first-order valence-electron chi connectivity index (χ1n) is 9.09. The van der Waals surface area contributed by atoms with Gasteiger partial charge in [0.05, 0.1) is 15.5 Å². The van der Waals surface area contributed by atoms with Gasteiger partial charge in [-0.3, -0.25) is 9.59 Å². The Bertz CT molecular complexity index is 968. The van der Waals surface area contributed by atoms with E-state index in [1.54, 1.807) is 12.1 Å². The van der Waals surface area contributed by atoms with Crippen molar-refractivity contribution in [3.63, 3.8) is 0 Å². The zero-order chi connectivity index (χ0) is 20.1. The van der Waals surface area contributed by atoms with Crippen molar-refractivity contribution < 1.29 is 18.0 Å². The highest BCUT2D eigenvalue weighted by Crippen LogP contribution is 2.19. The van der Waals surface area contributed by atoms with Crippen molar-refractivity contribution >= 4 is 33.4 Å². The lowest BCUT2D eigenvalue weighted by molar-refractivity contribution is 0.0926. The van der Waals surface area contributed by atoms with E-state index in [0.717, 1.165) is 25.7 Å². The van der Waals surface area contributed by atoms with Crippen LogP contribution in [-0.4, -0.2) is 26.3 Å². The number of carbonyl (C=O) groups is 2. The molecular weight excluding hydrogens is 400 g/mol. The first-order valence-corrected chi connectivity index (χ1v) is 11.0. The Kier molecular flexibility index (Phi) is 6.36. The number of hydrogen-bond acceptors (Lipinski definition) is 4. The second-order valence-electron chi connectivity index (χ2n) is 6.75. The quantitative estimate of drug-likeness (QED) is 0.773. The van der Waals surface area contributed by atoms with Gasteiger partial charge in [-0.25, -0.2) is 13.1 Å². The minimum Gasteiger partial charge on any atom is -0.349 e. The van der Waals surface area contributed by atoms with E-state index in [1.807, 2.05) is 4.72 Å². The molecule has 148 valence electrons. The fourth-order valence-corrected chi connectivity index (χ4v) is 4.37. The molecule has 0 aromatic heterocycles. The van der Waals surface area contributed by atoms with E-state index in [-0.39, 0.29) is 27.4 Å². The number of nitrogens with one attached hydrogen (secondary N) is 2. The van der Waals surface area contributed by atoms with E-state index in [9.17, 15) is 18.0 Å². The van der Waals surface area contributed by atoms with Crippen LogP contribution in [0.1, 0.15) is 52.8 Å². The molecule has 6 nitrogen and oxygen atoms in total. The van der Waals surface area contributed by atoms with Gasteiger partial charge in [-0.1, -0.05) is 43.0 Å². The van der Waals surface area contributed by atoms with Crippen molar-refractivity contribution in [1.82, 2.24) is 10.0 Å². The van der Waals surface area contributed by atoms with Crippen LogP contribution in [0.5, 0.6) is 0 Å². The van der Waals surface area contributed by atoms with E-state index < -0.39 is 15.9 Å². The molecule has 0 spiro atoms. The van der Waals surface area contributed by atoms with Crippen molar-refractivity contribution in [2.75, 3.05) is 0 Å². The Balaban J connectivity index is 1.68. The number of rotatable bonds is 5. The molecule has 8 heteroatoms. The molecule has 2 amide bonds. The van der Waals surface area contributed by atoms with E-state index in [0.29, 0.717) is 5.56 Å². The summed E-state index contributed by atoms with van der Waals surface area (Å²) < 4.78 is 26.9. The van der Waals surface area contributed by atoms with Gasteiger partial charge in [0.15, 0.2) is 0 Å². The summed E-state index contributed by atoms with van der Waals surface area (Å²) in [5.41, 5.74) is 0.443. The molecular formula is C20H21ClN2O4S. The average molecular weight is 421 g/mol. The molecule has 2 N–H and O–H groups in total. The molecule has 28 heavy (non-hydrogen) atoms. The highest BCUT2D eigenvalue weighted by molar-refractivity contribution is 7.90. The predicted octanol–water partition coefficient (Wildman–Crippen LogP) is 3.52. The number of sulfonamides is 1. The summed E-state index contributed by atoms with van der Waals surface area (Å²) in [5, 5.41) is 3.14. The van der Waals surface area contributed by atoms with Gasteiger partial charge >= 0.3 is 0 Å². The maximum atomic E-state index is 12.4. The van der Waals surface area contributed by atoms with Crippen molar-refractivity contribution in [1.29, 1.82) is 0 Å². The zero-order valence-electron chi connectivity index (χ0n) is 15.2. The largest absolute Gasteiger partial charge is 0.349 e. The van der Waals surface area contributed by atoms with Gasteiger partial charge in [0.1, 0.15) is 0 Å². The third kappa shape index (κ3) is 4.91. The molecule has 0 unspecified atom stereocenters. The van der Waals surface area contributed by atoms with Crippen LogP contribution in [0, 0.1) is 0 Å². The molecule has 0 saturated heterocycles.